The third-order valence-corrected chi connectivity index (χ3v) is 1.57. The van der Waals surface area contributed by atoms with Crippen LogP contribution < -0.4 is 0 Å². The molecular weight excluding hydrogens is 155 g/mol. The normalized spacial score (nSPS) is 10.1. The summed E-state index contributed by atoms with van der Waals surface area (Å²) in [6.07, 6.45) is 5.83. The number of benzene rings is 1. The van der Waals surface area contributed by atoms with E-state index in [1.54, 1.807) is 30.6 Å². The molecule has 0 aliphatic heterocycles. The average molecular weight is 161 g/mol. The molecule has 0 amide bonds. The zero-order valence-electron chi connectivity index (χ0n) is 6.24. The van der Waals surface area contributed by atoms with Gasteiger partial charge in [0.2, 0.25) is 0 Å². The fraction of sp³-hybridized carbons (Fsp3) is 0. The van der Waals surface area contributed by atoms with Crippen LogP contribution in [0.2, 0.25) is 0 Å². The Morgan fingerprint density at radius 3 is 2.83 bits per heavy atom. The molecule has 3 heteroatoms. The minimum atomic E-state index is -0.272. The molecule has 0 unspecified atom stereocenters. The highest BCUT2D eigenvalue weighted by molar-refractivity contribution is 5.32. The summed E-state index contributed by atoms with van der Waals surface area (Å²) in [5.41, 5.74) is 0.468. The summed E-state index contributed by atoms with van der Waals surface area (Å²) in [7, 11) is 0. The number of aromatic nitrogens is 2. The molecule has 2 aromatic rings. The van der Waals surface area contributed by atoms with E-state index in [2.05, 4.69) is 11.3 Å². The van der Waals surface area contributed by atoms with Crippen LogP contribution in [0.25, 0.3) is 5.69 Å². The molecule has 12 heavy (non-hydrogen) atoms. The van der Waals surface area contributed by atoms with Crippen molar-refractivity contribution in [3.63, 3.8) is 0 Å². The van der Waals surface area contributed by atoms with Crippen molar-refractivity contribution in [2.45, 2.75) is 0 Å². The summed E-state index contributed by atoms with van der Waals surface area (Å²) in [4.78, 5) is 3.71. The van der Waals surface area contributed by atoms with E-state index in [1.807, 2.05) is 0 Å². The van der Waals surface area contributed by atoms with Crippen molar-refractivity contribution in [3.05, 3.63) is 48.8 Å². The maximum Gasteiger partial charge on any atom is 0.181 e. The van der Waals surface area contributed by atoms with Crippen LogP contribution in [0.15, 0.2) is 36.7 Å². The van der Waals surface area contributed by atoms with Gasteiger partial charge >= 0.3 is 0 Å². The van der Waals surface area contributed by atoms with E-state index >= 15 is 0 Å². The zero-order chi connectivity index (χ0) is 8.39. The van der Waals surface area contributed by atoms with Gasteiger partial charge in [0.15, 0.2) is 6.33 Å². The Kier molecular flexibility index (Phi) is 1.63. The molecule has 1 heterocycles. The van der Waals surface area contributed by atoms with Crippen molar-refractivity contribution in [2.24, 2.45) is 0 Å². The van der Waals surface area contributed by atoms with Gasteiger partial charge in [-0.15, -0.1) is 0 Å². The van der Waals surface area contributed by atoms with Crippen molar-refractivity contribution in [2.75, 3.05) is 0 Å². The largest absolute Gasteiger partial charge is 0.294 e. The second kappa shape index (κ2) is 2.77. The predicted molar refractivity (Wildman–Crippen MR) is 42.4 cm³/mol. The molecule has 0 N–H and O–H groups in total. The minimum Gasteiger partial charge on any atom is -0.294 e. The number of nitrogens with zero attached hydrogens (tertiary/aromatic N) is 2. The van der Waals surface area contributed by atoms with Gasteiger partial charge in [0.1, 0.15) is 5.82 Å². The number of rotatable bonds is 1. The molecule has 0 aliphatic carbocycles. The van der Waals surface area contributed by atoms with Gasteiger partial charge in [-0.1, -0.05) is 12.1 Å². The van der Waals surface area contributed by atoms with Crippen LogP contribution in [0.1, 0.15) is 0 Å². The van der Waals surface area contributed by atoms with Crippen LogP contribution in [0.5, 0.6) is 0 Å². The lowest BCUT2D eigenvalue weighted by Gasteiger charge is -2.00. The third kappa shape index (κ3) is 1.09. The summed E-state index contributed by atoms with van der Waals surface area (Å²) in [6.45, 7) is 0. The fourth-order valence-electron chi connectivity index (χ4n) is 1.01. The smallest absolute Gasteiger partial charge is 0.181 e. The van der Waals surface area contributed by atoms with E-state index in [0.29, 0.717) is 5.69 Å². The summed E-state index contributed by atoms with van der Waals surface area (Å²) >= 11 is 0. The Morgan fingerprint density at radius 1 is 1.33 bits per heavy atom. The first-order chi connectivity index (χ1) is 5.88. The van der Waals surface area contributed by atoms with Crippen molar-refractivity contribution in [3.8, 4) is 5.69 Å². The van der Waals surface area contributed by atoms with Crippen LogP contribution in [-0.4, -0.2) is 9.55 Å². The zero-order valence-corrected chi connectivity index (χ0v) is 6.24. The fourth-order valence-corrected chi connectivity index (χ4v) is 1.01. The molecule has 59 valence electrons. The van der Waals surface area contributed by atoms with Crippen molar-refractivity contribution < 1.29 is 4.39 Å². The number of hydrogen-bond donors (Lipinski definition) is 0. The van der Waals surface area contributed by atoms with Crippen molar-refractivity contribution >= 4 is 0 Å². The van der Waals surface area contributed by atoms with Crippen LogP contribution in [0.4, 0.5) is 4.39 Å². The molecule has 0 bridgehead atoms. The highest BCUT2D eigenvalue weighted by Gasteiger charge is 2.00. The Labute approximate surface area is 69.3 Å². The van der Waals surface area contributed by atoms with E-state index in [1.165, 1.54) is 10.6 Å². The standard InChI is InChI=1S/C9H6FN2/c10-8-3-1-2-4-9(8)12-6-5-11-7-12/h1-6H. The van der Waals surface area contributed by atoms with Crippen LogP contribution in [0, 0.1) is 12.1 Å². The average Bonchev–Trinajstić information content (AvgIpc) is 2.57. The number of para-hydroxylation sites is 1. The molecule has 0 fully saturated rings. The summed E-state index contributed by atoms with van der Waals surface area (Å²) in [6, 6.07) is 6.50. The molecule has 0 saturated heterocycles. The lowest BCUT2D eigenvalue weighted by Crippen LogP contribution is -1.93. The number of halogens is 1. The highest BCUT2D eigenvalue weighted by Crippen LogP contribution is 2.10. The molecule has 1 aromatic carbocycles. The Hall–Kier alpha value is -1.64. The van der Waals surface area contributed by atoms with Crippen molar-refractivity contribution in [1.29, 1.82) is 0 Å². The first-order valence-electron chi connectivity index (χ1n) is 3.54. The van der Waals surface area contributed by atoms with Gasteiger partial charge < -0.3 is 0 Å². The number of hydrogen-bond acceptors (Lipinski definition) is 1. The third-order valence-electron chi connectivity index (χ3n) is 1.57. The maximum absolute atomic E-state index is 13.1. The molecule has 0 saturated carbocycles. The van der Waals surface area contributed by atoms with E-state index in [-0.39, 0.29) is 5.82 Å². The first kappa shape index (κ1) is 7.03. The van der Waals surface area contributed by atoms with Gasteiger partial charge in [-0.3, -0.25) is 4.57 Å². The second-order valence-electron chi connectivity index (χ2n) is 2.35. The highest BCUT2D eigenvalue weighted by atomic mass is 19.1. The summed E-state index contributed by atoms with van der Waals surface area (Å²) in [5.74, 6) is -0.272. The molecule has 0 aliphatic rings. The molecule has 1 aromatic heterocycles. The second-order valence-corrected chi connectivity index (χ2v) is 2.35. The summed E-state index contributed by atoms with van der Waals surface area (Å²) in [5, 5.41) is 0. The topological polar surface area (TPSA) is 17.8 Å². The SMILES string of the molecule is Fc1ccccc1-n1[c]ncc1. The molecule has 0 atom stereocenters. The summed E-state index contributed by atoms with van der Waals surface area (Å²) < 4.78 is 14.6. The predicted octanol–water partition coefficient (Wildman–Crippen LogP) is 1.81. The van der Waals surface area contributed by atoms with Gasteiger partial charge in [-0.25, -0.2) is 9.37 Å². The quantitative estimate of drug-likeness (QED) is 0.623. The first-order valence-corrected chi connectivity index (χ1v) is 3.54. The lowest BCUT2D eigenvalue weighted by atomic mass is 10.3. The Bertz CT molecular complexity index is 368. The number of imidazole rings is 1. The van der Waals surface area contributed by atoms with Crippen LogP contribution in [-0.2, 0) is 0 Å². The van der Waals surface area contributed by atoms with Gasteiger partial charge in [0.25, 0.3) is 0 Å². The lowest BCUT2D eigenvalue weighted by molar-refractivity contribution is 0.618. The molecular formula is C9H6FN2. The maximum atomic E-state index is 13.1. The van der Waals surface area contributed by atoms with Gasteiger partial charge in [0, 0.05) is 12.4 Å². The monoisotopic (exact) mass is 161 g/mol. The van der Waals surface area contributed by atoms with Crippen LogP contribution in [0.3, 0.4) is 0 Å². The Balaban J connectivity index is 2.55. The van der Waals surface area contributed by atoms with E-state index in [9.17, 15) is 4.39 Å². The molecule has 2 nitrogen and oxygen atoms in total. The molecule has 2 rings (SSSR count). The van der Waals surface area contributed by atoms with Crippen LogP contribution >= 0.6 is 0 Å². The van der Waals surface area contributed by atoms with E-state index in [4.69, 9.17) is 0 Å². The van der Waals surface area contributed by atoms with Gasteiger partial charge in [0.05, 0.1) is 5.69 Å². The Morgan fingerprint density at radius 2 is 2.17 bits per heavy atom. The molecule has 0 spiro atoms. The van der Waals surface area contributed by atoms with Crippen molar-refractivity contribution in [1.82, 2.24) is 9.55 Å². The van der Waals surface area contributed by atoms with Gasteiger partial charge in [-0.05, 0) is 12.1 Å². The minimum absolute atomic E-state index is 0.272. The van der Waals surface area contributed by atoms with E-state index in [0.717, 1.165) is 0 Å². The van der Waals surface area contributed by atoms with Gasteiger partial charge in [-0.2, -0.15) is 0 Å². The van der Waals surface area contributed by atoms with E-state index < -0.39 is 0 Å². The molecule has 1 radical (unpaired) electrons.